The lowest BCUT2D eigenvalue weighted by molar-refractivity contribution is 0.0163. The number of benzene rings is 2. The highest BCUT2D eigenvalue weighted by Gasteiger charge is 2.46. The molecule has 1 saturated carbocycles. The van der Waals surface area contributed by atoms with E-state index in [1.54, 1.807) is 30.0 Å². The van der Waals surface area contributed by atoms with E-state index < -0.39 is 11.7 Å². The molecule has 2 aliphatic rings. The van der Waals surface area contributed by atoms with Gasteiger partial charge in [0.25, 0.3) is 0 Å². The van der Waals surface area contributed by atoms with E-state index in [2.05, 4.69) is 4.90 Å². The number of rotatable bonds is 5. The van der Waals surface area contributed by atoms with E-state index in [4.69, 9.17) is 14.2 Å². The van der Waals surface area contributed by atoms with Crippen molar-refractivity contribution in [1.82, 2.24) is 9.47 Å². The molecule has 8 heteroatoms. The Balaban J connectivity index is 1.52. The number of allylic oxidation sites excluding steroid dienone is 1. The van der Waals surface area contributed by atoms with Crippen molar-refractivity contribution in [3.8, 4) is 5.75 Å². The number of halogens is 1. The van der Waals surface area contributed by atoms with Crippen molar-refractivity contribution in [3.05, 3.63) is 76.8 Å². The van der Waals surface area contributed by atoms with Crippen LogP contribution in [-0.4, -0.2) is 47.9 Å². The van der Waals surface area contributed by atoms with E-state index in [-0.39, 0.29) is 17.4 Å². The molecule has 5 rings (SSSR count). The number of aryl methyl sites for hydroxylation is 1. The van der Waals surface area contributed by atoms with Gasteiger partial charge in [0.1, 0.15) is 11.4 Å². The van der Waals surface area contributed by atoms with E-state index in [0.29, 0.717) is 12.1 Å². The van der Waals surface area contributed by atoms with Gasteiger partial charge in [0.15, 0.2) is 0 Å². The van der Waals surface area contributed by atoms with Crippen LogP contribution in [-0.2, 0) is 16.0 Å². The van der Waals surface area contributed by atoms with Crippen LogP contribution >= 0.6 is 0 Å². The summed E-state index contributed by atoms with van der Waals surface area (Å²) in [6, 6.07) is 11.6. The van der Waals surface area contributed by atoms with Gasteiger partial charge in [-0.25, -0.2) is 14.0 Å². The zero-order valence-corrected chi connectivity index (χ0v) is 24.8. The SMILES string of the molecule is COC(=O)c1ccc([C@@H]2CC3(CCN2Cc2c(OC)cc(C)c4c2ccn4C(=O)OC(C)(C)C)CC(=CF)C3)cc1. The number of fused-ring (bicyclic) bond motifs is 1. The standard InChI is InChI=1S/C33H39FN2O5/c1-21-15-28(39-5)26(25-11-13-36(29(21)25)31(38)41-32(2,3)4)20-35-14-12-33(16-22(17-33)19-34)18-27(35)23-7-9-24(10-8-23)30(37)40-6/h7-11,13,15,19,27H,12,14,16-18,20H2,1-6H3/t27-,33?/m0/s1. The van der Waals surface area contributed by atoms with Crippen molar-refractivity contribution in [2.75, 3.05) is 20.8 Å². The molecule has 1 aliphatic carbocycles. The van der Waals surface area contributed by atoms with E-state index in [1.807, 2.05) is 52.0 Å². The van der Waals surface area contributed by atoms with Crippen molar-refractivity contribution in [3.63, 3.8) is 0 Å². The van der Waals surface area contributed by atoms with Crippen LogP contribution in [0, 0.1) is 12.3 Å². The van der Waals surface area contributed by atoms with Gasteiger partial charge in [0, 0.05) is 29.7 Å². The fraction of sp³-hybridized carbons (Fsp3) is 0.455. The van der Waals surface area contributed by atoms with E-state index in [0.717, 1.165) is 77.5 Å². The van der Waals surface area contributed by atoms with Crippen LogP contribution in [0.2, 0.25) is 0 Å². The Labute approximate surface area is 240 Å². The Hall–Kier alpha value is -3.65. The number of methoxy groups -OCH3 is 2. The van der Waals surface area contributed by atoms with Crippen molar-refractivity contribution in [2.24, 2.45) is 5.41 Å². The van der Waals surface area contributed by atoms with Crippen LogP contribution < -0.4 is 4.74 Å². The number of ether oxygens (including phenoxy) is 3. The molecule has 0 bridgehead atoms. The number of carbonyl (C=O) groups excluding carboxylic acids is 2. The van der Waals surface area contributed by atoms with Crippen LogP contribution in [0.1, 0.15) is 79.5 Å². The minimum Gasteiger partial charge on any atom is -0.496 e. The first-order valence-electron chi connectivity index (χ1n) is 14.1. The summed E-state index contributed by atoms with van der Waals surface area (Å²) in [5.74, 6) is 0.398. The summed E-state index contributed by atoms with van der Waals surface area (Å²) in [5, 5.41) is 0.944. The maximum atomic E-state index is 13.3. The summed E-state index contributed by atoms with van der Waals surface area (Å²) in [6.07, 6.45) is 5.53. The fourth-order valence-corrected chi connectivity index (χ4v) is 6.54. The Morgan fingerprint density at radius 2 is 1.83 bits per heavy atom. The Morgan fingerprint density at radius 1 is 1.12 bits per heavy atom. The number of aromatic nitrogens is 1. The number of hydrogen-bond acceptors (Lipinski definition) is 6. The first kappa shape index (κ1) is 28.9. The molecule has 2 fully saturated rings. The maximum absolute atomic E-state index is 13.3. The fourth-order valence-electron chi connectivity index (χ4n) is 6.54. The number of esters is 1. The lowest BCUT2D eigenvalue weighted by atomic mass is 9.59. The summed E-state index contributed by atoms with van der Waals surface area (Å²) in [4.78, 5) is 27.6. The predicted molar refractivity (Wildman–Crippen MR) is 156 cm³/mol. The Bertz CT molecular complexity index is 1490. The van der Waals surface area contributed by atoms with Crippen LogP contribution in [0.4, 0.5) is 9.18 Å². The molecular weight excluding hydrogens is 523 g/mol. The molecular formula is C33H39FN2O5. The minimum absolute atomic E-state index is 0.0607. The molecule has 1 spiro atoms. The molecule has 2 aromatic carbocycles. The van der Waals surface area contributed by atoms with Crippen LogP contribution in [0.25, 0.3) is 10.9 Å². The number of likely N-dealkylation sites (tertiary alicyclic amines) is 1. The van der Waals surface area contributed by atoms with Crippen LogP contribution in [0.5, 0.6) is 5.75 Å². The highest BCUT2D eigenvalue weighted by atomic mass is 19.1. The topological polar surface area (TPSA) is 70.0 Å². The molecule has 2 heterocycles. The van der Waals surface area contributed by atoms with Gasteiger partial charge in [0.05, 0.1) is 31.6 Å². The number of piperidine rings is 1. The normalized spacial score (nSPS) is 21.0. The predicted octanol–water partition coefficient (Wildman–Crippen LogP) is 7.50. The van der Waals surface area contributed by atoms with Gasteiger partial charge in [-0.3, -0.25) is 9.47 Å². The lowest BCUT2D eigenvalue weighted by Crippen LogP contribution is -2.46. The van der Waals surface area contributed by atoms with Gasteiger partial charge in [-0.15, -0.1) is 0 Å². The number of carbonyl (C=O) groups is 2. The quantitative estimate of drug-likeness (QED) is 0.300. The number of hydrogen-bond donors (Lipinski definition) is 0. The molecule has 7 nitrogen and oxygen atoms in total. The van der Waals surface area contributed by atoms with Gasteiger partial charge in [-0.1, -0.05) is 12.1 Å². The van der Waals surface area contributed by atoms with Gasteiger partial charge in [0.2, 0.25) is 0 Å². The molecule has 1 atom stereocenters. The second-order valence-corrected chi connectivity index (χ2v) is 12.5. The van der Waals surface area contributed by atoms with Crippen molar-refractivity contribution < 1.29 is 28.2 Å². The second-order valence-electron chi connectivity index (χ2n) is 12.5. The first-order valence-corrected chi connectivity index (χ1v) is 14.1. The third-order valence-electron chi connectivity index (χ3n) is 8.47. The molecule has 0 N–H and O–H groups in total. The molecule has 1 aliphatic heterocycles. The lowest BCUT2D eigenvalue weighted by Gasteiger charge is -2.52. The summed E-state index contributed by atoms with van der Waals surface area (Å²) in [7, 11) is 3.05. The zero-order chi connectivity index (χ0) is 29.5. The smallest absolute Gasteiger partial charge is 0.419 e. The average molecular weight is 563 g/mol. The molecule has 3 aromatic rings. The summed E-state index contributed by atoms with van der Waals surface area (Å²) < 4.78 is 31.3. The third kappa shape index (κ3) is 5.62. The van der Waals surface area contributed by atoms with Crippen molar-refractivity contribution >= 4 is 23.0 Å². The molecule has 1 saturated heterocycles. The second kappa shape index (κ2) is 11.0. The van der Waals surface area contributed by atoms with Crippen LogP contribution in [0.15, 0.2) is 54.5 Å². The van der Waals surface area contributed by atoms with E-state index >= 15 is 0 Å². The maximum Gasteiger partial charge on any atom is 0.419 e. The molecule has 0 radical (unpaired) electrons. The average Bonchev–Trinajstić information content (AvgIpc) is 3.38. The summed E-state index contributed by atoms with van der Waals surface area (Å²) in [6.45, 7) is 8.96. The largest absolute Gasteiger partial charge is 0.496 e. The molecule has 0 amide bonds. The third-order valence-corrected chi connectivity index (χ3v) is 8.47. The zero-order valence-electron chi connectivity index (χ0n) is 24.8. The Kier molecular flexibility index (Phi) is 7.72. The summed E-state index contributed by atoms with van der Waals surface area (Å²) >= 11 is 0. The molecule has 41 heavy (non-hydrogen) atoms. The van der Waals surface area contributed by atoms with Crippen molar-refractivity contribution in [2.45, 2.75) is 71.6 Å². The number of nitrogens with zero attached hydrogens (tertiary/aromatic N) is 2. The van der Waals surface area contributed by atoms with Crippen LogP contribution in [0.3, 0.4) is 0 Å². The summed E-state index contributed by atoms with van der Waals surface area (Å²) in [5.41, 5.74) is 4.67. The first-order chi connectivity index (χ1) is 19.5. The van der Waals surface area contributed by atoms with E-state index in [9.17, 15) is 14.0 Å². The highest BCUT2D eigenvalue weighted by Crippen LogP contribution is 2.57. The minimum atomic E-state index is -0.615. The molecule has 1 aromatic heterocycles. The molecule has 0 unspecified atom stereocenters. The van der Waals surface area contributed by atoms with Gasteiger partial charge >= 0.3 is 12.1 Å². The van der Waals surface area contributed by atoms with Crippen molar-refractivity contribution in [1.29, 1.82) is 0 Å². The highest BCUT2D eigenvalue weighted by molar-refractivity contribution is 5.95. The van der Waals surface area contributed by atoms with Gasteiger partial charge < -0.3 is 14.2 Å². The van der Waals surface area contributed by atoms with Gasteiger partial charge in [-0.05, 0) is 106 Å². The molecule has 218 valence electrons. The van der Waals surface area contributed by atoms with E-state index in [1.165, 1.54) is 7.11 Å². The Morgan fingerprint density at radius 3 is 2.44 bits per heavy atom. The van der Waals surface area contributed by atoms with Gasteiger partial charge in [-0.2, -0.15) is 0 Å². The monoisotopic (exact) mass is 562 g/mol.